The predicted octanol–water partition coefficient (Wildman–Crippen LogP) is 2.87. The van der Waals surface area contributed by atoms with Crippen LogP contribution in [0.25, 0.3) is 0 Å². The average Bonchev–Trinajstić information content (AvgIpc) is 2.85. The lowest BCUT2D eigenvalue weighted by atomic mass is 9.90. The van der Waals surface area contributed by atoms with Crippen LogP contribution in [0.15, 0.2) is 18.2 Å². The molecule has 98 valence electrons. The van der Waals surface area contributed by atoms with E-state index < -0.39 is 17.3 Å². The molecule has 0 amide bonds. The van der Waals surface area contributed by atoms with Crippen molar-refractivity contribution in [2.45, 2.75) is 25.3 Å². The molecular weight excluding hydrogens is 257 g/mol. The highest BCUT2D eigenvalue weighted by Crippen LogP contribution is 2.33. The summed E-state index contributed by atoms with van der Waals surface area (Å²) in [4.78, 5) is 13.5. The quantitative estimate of drug-likeness (QED) is 0.919. The van der Waals surface area contributed by atoms with Crippen molar-refractivity contribution in [1.29, 1.82) is 0 Å². The van der Waals surface area contributed by atoms with Crippen LogP contribution in [0.2, 0.25) is 5.02 Å². The lowest BCUT2D eigenvalue weighted by Crippen LogP contribution is -2.48. The van der Waals surface area contributed by atoms with Gasteiger partial charge >= 0.3 is 5.97 Å². The third-order valence-electron chi connectivity index (χ3n) is 3.64. The number of nitrogens with zero attached hydrogens (tertiary/aromatic N) is 1. The third kappa shape index (κ3) is 2.10. The summed E-state index contributed by atoms with van der Waals surface area (Å²) in [6.45, 7) is 3.11. The van der Waals surface area contributed by atoms with Crippen molar-refractivity contribution < 1.29 is 14.3 Å². The summed E-state index contributed by atoms with van der Waals surface area (Å²) in [7, 11) is 0. The minimum absolute atomic E-state index is 0.0424. The molecule has 0 bridgehead atoms. The minimum Gasteiger partial charge on any atom is -0.480 e. The monoisotopic (exact) mass is 271 g/mol. The largest absolute Gasteiger partial charge is 0.480 e. The van der Waals surface area contributed by atoms with E-state index in [1.807, 2.05) is 4.90 Å². The van der Waals surface area contributed by atoms with E-state index >= 15 is 0 Å². The van der Waals surface area contributed by atoms with Gasteiger partial charge in [-0.1, -0.05) is 17.7 Å². The van der Waals surface area contributed by atoms with Crippen molar-refractivity contribution in [2.24, 2.45) is 0 Å². The van der Waals surface area contributed by atoms with E-state index in [-0.39, 0.29) is 5.02 Å². The Morgan fingerprint density at radius 2 is 2.06 bits per heavy atom. The Morgan fingerprint density at radius 3 is 2.56 bits per heavy atom. The van der Waals surface area contributed by atoms with Crippen molar-refractivity contribution in [1.82, 2.24) is 4.90 Å². The van der Waals surface area contributed by atoms with E-state index in [2.05, 4.69) is 0 Å². The Hall–Kier alpha value is -1.13. The molecule has 1 N–H and O–H groups in total. The number of halogens is 2. The van der Waals surface area contributed by atoms with Gasteiger partial charge in [-0.3, -0.25) is 4.90 Å². The first-order chi connectivity index (χ1) is 8.46. The molecule has 1 fully saturated rings. The molecule has 0 radical (unpaired) electrons. The van der Waals surface area contributed by atoms with Crippen LogP contribution in [-0.4, -0.2) is 29.1 Å². The van der Waals surface area contributed by atoms with Gasteiger partial charge < -0.3 is 5.11 Å². The van der Waals surface area contributed by atoms with Crippen molar-refractivity contribution in [3.63, 3.8) is 0 Å². The van der Waals surface area contributed by atoms with Gasteiger partial charge in [0.25, 0.3) is 0 Å². The van der Waals surface area contributed by atoms with Gasteiger partial charge in [0.2, 0.25) is 0 Å². The molecule has 1 atom stereocenters. The van der Waals surface area contributed by atoms with Crippen LogP contribution in [0.1, 0.15) is 25.3 Å². The number of hydrogen-bond acceptors (Lipinski definition) is 2. The average molecular weight is 272 g/mol. The normalized spacial score (nSPS) is 19.7. The molecule has 1 saturated heterocycles. The van der Waals surface area contributed by atoms with Gasteiger partial charge in [0, 0.05) is 0 Å². The number of hydrogen-bond donors (Lipinski definition) is 1. The van der Waals surface area contributed by atoms with E-state index in [0.717, 1.165) is 25.9 Å². The highest BCUT2D eigenvalue weighted by atomic mass is 35.5. The van der Waals surface area contributed by atoms with Crippen molar-refractivity contribution in [3.8, 4) is 0 Å². The molecule has 18 heavy (non-hydrogen) atoms. The van der Waals surface area contributed by atoms with Crippen LogP contribution in [0, 0.1) is 5.82 Å². The second-order valence-electron chi connectivity index (χ2n) is 4.70. The number of carboxylic acids is 1. The molecule has 1 aliphatic rings. The summed E-state index contributed by atoms with van der Waals surface area (Å²) >= 11 is 5.74. The van der Waals surface area contributed by atoms with E-state index in [0.29, 0.717) is 5.56 Å². The summed E-state index contributed by atoms with van der Waals surface area (Å²) in [5.41, 5.74) is -0.628. The number of rotatable bonds is 3. The van der Waals surface area contributed by atoms with Gasteiger partial charge in [-0.05, 0) is 50.6 Å². The molecular formula is C13H15ClFNO2. The first-order valence-corrected chi connectivity index (χ1v) is 6.28. The predicted molar refractivity (Wildman–Crippen MR) is 67.2 cm³/mol. The van der Waals surface area contributed by atoms with Gasteiger partial charge in [-0.25, -0.2) is 9.18 Å². The molecule has 3 nitrogen and oxygen atoms in total. The number of likely N-dealkylation sites (tertiary alicyclic amines) is 1. The zero-order valence-electron chi connectivity index (χ0n) is 10.1. The number of aliphatic carboxylic acids is 1. The molecule has 2 rings (SSSR count). The zero-order chi connectivity index (χ0) is 13.3. The Labute approximate surface area is 110 Å². The maximum atomic E-state index is 13.2. The smallest absolute Gasteiger partial charge is 0.328 e. The van der Waals surface area contributed by atoms with E-state index in [1.165, 1.54) is 18.2 Å². The lowest BCUT2D eigenvalue weighted by molar-refractivity contribution is -0.150. The van der Waals surface area contributed by atoms with E-state index in [1.54, 1.807) is 6.92 Å². The maximum absolute atomic E-state index is 13.2. The molecule has 0 saturated carbocycles. The summed E-state index contributed by atoms with van der Waals surface area (Å²) < 4.78 is 13.2. The van der Waals surface area contributed by atoms with Crippen LogP contribution >= 0.6 is 11.6 Å². The molecule has 1 aromatic carbocycles. The standard InChI is InChI=1S/C13H15ClFNO2/c1-13(12(17)18,16-6-2-3-7-16)9-4-5-11(15)10(14)8-9/h4-5,8H,2-3,6-7H2,1H3,(H,17,18). The Morgan fingerprint density at radius 1 is 1.44 bits per heavy atom. The highest BCUT2D eigenvalue weighted by Gasteiger charge is 2.42. The fourth-order valence-electron chi connectivity index (χ4n) is 2.40. The molecule has 0 aliphatic carbocycles. The fraction of sp³-hybridized carbons (Fsp3) is 0.462. The summed E-state index contributed by atoms with van der Waals surface area (Å²) in [5.74, 6) is -1.47. The first-order valence-electron chi connectivity index (χ1n) is 5.90. The summed E-state index contributed by atoms with van der Waals surface area (Å²) in [6, 6.07) is 4.12. The van der Waals surface area contributed by atoms with Crippen molar-refractivity contribution >= 4 is 17.6 Å². The molecule has 0 aromatic heterocycles. The molecule has 1 heterocycles. The van der Waals surface area contributed by atoms with Crippen LogP contribution in [-0.2, 0) is 10.3 Å². The molecule has 1 aliphatic heterocycles. The fourth-order valence-corrected chi connectivity index (χ4v) is 2.59. The summed E-state index contributed by atoms with van der Waals surface area (Å²) in [6.07, 6.45) is 1.97. The topological polar surface area (TPSA) is 40.5 Å². The molecule has 1 unspecified atom stereocenters. The molecule has 5 heteroatoms. The van der Waals surface area contributed by atoms with Gasteiger partial charge in [0.1, 0.15) is 11.4 Å². The second-order valence-corrected chi connectivity index (χ2v) is 5.11. The molecule has 0 spiro atoms. The number of carboxylic acid groups (broad SMARTS) is 1. The Bertz CT molecular complexity index is 474. The third-order valence-corrected chi connectivity index (χ3v) is 3.93. The van der Waals surface area contributed by atoms with Gasteiger partial charge in [-0.15, -0.1) is 0 Å². The van der Waals surface area contributed by atoms with Crippen LogP contribution in [0.5, 0.6) is 0 Å². The first kappa shape index (κ1) is 13.3. The lowest BCUT2D eigenvalue weighted by Gasteiger charge is -2.35. The van der Waals surface area contributed by atoms with Crippen LogP contribution in [0.4, 0.5) is 4.39 Å². The van der Waals surface area contributed by atoms with E-state index in [9.17, 15) is 14.3 Å². The summed E-state index contributed by atoms with van der Waals surface area (Å²) in [5, 5.41) is 9.49. The maximum Gasteiger partial charge on any atom is 0.328 e. The zero-order valence-corrected chi connectivity index (χ0v) is 10.9. The van der Waals surface area contributed by atoms with Gasteiger partial charge in [0.15, 0.2) is 0 Å². The van der Waals surface area contributed by atoms with Crippen LogP contribution < -0.4 is 0 Å². The minimum atomic E-state index is -1.14. The van der Waals surface area contributed by atoms with Crippen molar-refractivity contribution in [3.05, 3.63) is 34.6 Å². The second kappa shape index (κ2) is 4.86. The van der Waals surface area contributed by atoms with Gasteiger partial charge in [-0.2, -0.15) is 0 Å². The SMILES string of the molecule is CC(C(=O)O)(c1ccc(F)c(Cl)c1)N1CCCC1. The Balaban J connectivity index is 2.46. The Kier molecular flexibility index (Phi) is 3.59. The van der Waals surface area contributed by atoms with Crippen molar-refractivity contribution in [2.75, 3.05) is 13.1 Å². The van der Waals surface area contributed by atoms with E-state index in [4.69, 9.17) is 11.6 Å². The van der Waals surface area contributed by atoms with Crippen LogP contribution in [0.3, 0.4) is 0 Å². The molecule has 1 aromatic rings. The number of carbonyl (C=O) groups is 1. The van der Waals surface area contributed by atoms with Gasteiger partial charge in [0.05, 0.1) is 5.02 Å². The number of benzene rings is 1. The highest BCUT2D eigenvalue weighted by molar-refractivity contribution is 6.30.